The molecule has 2 aromatic carbocycles. The fourth-order valence-electron chi connectivity index (χ4n) is 4.26. The van der Waals surface area contributed by atoms with Gasteiger partial charge in [-0.25, -0.2) is 4.79 Å². The summed E-state index contributed by atoms with van der Waals surface area (Å²) >= 11 is 0. The van der Waals surface area contributed by atoms with Crippen LogP contribution in [0.2, 0.25) is 0 Å². The molecular formula is C27H25F3N2O6. The quantitative estimate of drug-likeness (QED) is 0.284. The molecule has 8 nitrogen and oxygen atoms in total. The van der Waals surface area contributed by atoms with Gasteiger partial charge < -0.3 is 14.2 Å². The first-order valence-corrected chi connectivity index (χ1v) is 11.6. The van der Waals surface area contributed by atoms with E-state index in [1.54, 1.807) is 6.92 Å². The lowest BCUT2D eigenvalue weighted by atomic mass is 9.75. The molecule has 2 atom stereocenters. The van der Waals surface area contributed by atoms with Crippen LogP contribution in [0.1, 0.15) is 36.5 Å². The molecule has 0 saturated heterocycles. The standard InChI is InChI=1S/C27H25F3N2O6/c1-4-37-25(34)21-16(2)32(20-7-5-6-19(14-20)27(28,29)30)24(33)23(26(35)38-13-12-36-3)22(21)18-10-8-17(15-31)9-11-18/h5-11,14,22-23H,4,12-13H2,1-3H3. The van der Waals surface area contributed by atoms with Crippen LogP contribution in [-0.4, -0.2) is 44.8 Å². The minimum Gasteiger partial charge on any atom is -0.463 e. The lowest BCUT2D eigenvalue weighted by Gasteiger charge is -2.38. The number of esters is 2. The van der Waals surface area contributed by atoms with E-state index >= 15 is 0 Å². The van der Waals surface area contributed by atoms with Crippen LogP contribution in [0, 0.1) is 17.2 Å². The number of amides is 1. The number of anilines is 1. The highest BCUT2D eigenvalue weighted by Crippen LogP contribution is 2.44. The molecule has 0 saturated carbocycles. The fourth-order valence-corrected chi connectivity index (χ4v) is 4.26. The Morgan fingerprint density at radius 2 is 1.76 bits per heavy atom. The molecule has 0 radical (unpaired) electrons. The molecule has 2 aromatic rings. The zero-order valence-corrected chi connectivity index (χ0v) is 20.9. The number of allylic oxidation sites excluding steroid dienone is 1. The number of methoxy groups -OCH3 is 1. The summed E-state index contributed by atoms with van der Waals surface area (Å²) in [5, 5.41) is 9.17. The third kappa shape index (κ3) is 5.86. The molecule has 38 heavy (non-hydrogen) atoms. The van der Waals surface area contributed by atoms with Crippen LogP contribution >= 0.6 is 0 Å². The van der Waals surface area contributed by atoms with Gasteiger partial charge in [0.1, 0.15) is 12.5 Å². The third-order valence-corrected chi connectivity index (χ3v) is 5.97. The zero-order chi connectivity index (χ0) is 28.0. The molecule has 1 aliphatic heterocycles. The van der Waals surface area contributed by atoms with E-state index in [2.05, 4.69) is 0 Å². The molecule has 2 unspecified atom stereocenters. The second-order valence-electron chi connectivity index (χ2n) is 8.29. The van der Waals surface area contributed by atoms with E-state index in [0.29, 0.717) is 11.1 Å². The Morgan fingerprint density at radius 3 is 2.34 bits per heavy atom. The lowest BCUT2D eigenvalue weighted by Crippen LogP contribution is -2.48. The number of hydrogen-bond donors (Lipinski definition) is 0. The van der Waals surface area contributed by atoms with Gasteiger partial charge in [-0.15, -0.1) is 0 Å². The number of nitrogens with zero attached hydrogens (tertiary/aromatic N) is 2. The molecule has 0 aliphatic carbocycles. The summed E-state index contributed by atoms with van der Waals surface area (Å²) in [7, 11) is 1.39. The predicted octanol–water partition coefficient (Wildman–Crippen LogP) is 4.35. The van der Waals surface area contributed by atoms with Gasteiger partial charge >= 0.3 is 18.1 Å². The van der Waals surface area contributed by atoms with E-state index in [-0.39, 0.29) is 36.8 Å². The number of hydrogen-bond acceptors (Lipinski definition) is 7. The first-order chi connectivity index (χ1) is 18.0. The van der Waals surface area contributed by atoms with Crippen LogP contribution in [-0.2, 0) is 34.8 Å². The van der Waals surface area contributed by atoms with E-state index in [1.165, 1.54) is 44.4 Å². The van der Waals surface area contributed by atoms with Gasteiger partial charge in [-0.2, -0.15) is 18.4 Å². The van der Waals surface area contributed by atoms with Crippen LogP contribution in [0.15, 0.2) is 59.8 Å². The van der Waals surface area contributed by atoms with E-state index in [0.717, 1.165) is 23.1 Å². The summed E-state index contributed by atoms with van der Waals surface area (Å²) in [5.74, 6) is -5.55. The SMILES string of the molecule is CCOC(=O)C1=C(C)N(c2cccc(C(F)(F)F)c2)C(=O)C(C(=O)OCCOC)C1c1ccc(C#N)cc1. The van der Waals surface area contributed by atoms with Crippen LogP contribution in [0.4, 0.5) is 18.9 Å². The monoisotopic (exact) mass is 530 g/mol. The average molecular weight is 530 g/mol. The highest BCUT2D eigenvalue weighted by molar-refractivity contribution is 6.13. The number of halogens is 3. The second kappa shape index (κ2) is 11.9. The highest BCUT2D eigenvalue weighted by Gasteiger charge is 2.49. The molecule has 3 rings (SSSR count). The first kappa shape index (κ1) is 28.4. The molecule has 0 fully saturated rings. The van der Waals surface area contributed by atoms with Crippen molar-refractivity contribution in [3.05, 3.63) is 76.5 Å². The van der Waals surface area contributed by atoms with Crippen molar-refractivity contribution in [1.82, 2.24) is 0 Å². The number of alkyl halides is 3. The van der Waals surface area contributed by atoms with Crippen molar-refractivity contribution in [2.75, 3.05) is 31.8 Å². The van der Waals surface area contributed by atoms with Gasteiger partial charge in [0.25, 0.3) is 0 Å². The van der Waals surface area contributed by atoms with Gasteiger partial charge in [0.05, 0.1) is 36.0 Å². The lowest BCUT2D eigenvalue weighted by molar-refractivity contribution is -0.154. The maximum absolute atomic E-state index is 13.9. The fraction of sp³-hybridized carbons (Fsp3) is 0.333. The number of carbonyl (C=O) groups is 3. The van der Waals surface area contributed by atoms with Gasteiger partial charge in [0, 0.05) is 24.4 Å². The van der Waals surface area contributed by atoms with Crippen molar-refractivity contribution < 1.29 is 41.8 Å². The smallest absolute Gasteiger partial charge is 0.416 e. The number of carbonyl (C=O) groups excluding carboxylic acids is 3. The minimum absolute atomic E-state index is 0.00285. The summed E-state index contributed by atoms with van der Waals surface area (Å²) in [6.07, 6.45) is -4.69. The van der Waals surface area contributed by atoms with E-state index in [1.807, 2.05) is 6.07 Å². The number of benzene rings is 2. The molecule has 1 amide bonds. The minimum atomic E-state index is -4.69. The van der Waals surface area contributed by atoms with Crippen LogP contribution in [0.5, 0.6) is 0 Å². The largest absolute Gasteiger partial charge is 0.463 e. The van der Waals surface area contributed by atoms with E-state index in [9.17, 15) is 32.8 Å². The number of nitriles is 1. The summed E-state index contributed by atoms with van der Waals surface area (Å²) in [6, 6.07) is 11.9. The molecule has 1 aliphatic rings. The molecule has 0 N–H and O–H groups in total. The van der Waals surface area contributed by atoms with Gasteiger partial charge in [0.2, 0.25) is 5.91 Å². The maximum atomic E-state index is 13.9. The zero-order valence-electron chi connectivity index (χ0n) is 20.9. The summed E-state index contributed by atoms with van der Waals surface area (Å²) in [4.78, 5) is 41.3. The van der Waals surface area contributed by atoms with E-state index < -0.39 is 41.4 Å². The molecule has 1 heterocycles. The molecule has 200 valence electrons. The van der Waals surface area contributed by atoms with Gasteiger partial charge in [-0.1, -0.05) is 18.2 Å². The van der Waals surface area contributed by atoms with Crippen LogP contribution in [0.3, 0.4) is 0 Å². The number of ether oxygens (including phenoxy) is 3. The highest BCUT2D eigenvalue weighted by atomic mass is 19.4. The Morgan fingerprint density at radius 1 is 1.08 bits per heavy atom. The summed E-state index contributed by atoms with van der Waals surface area (Å²) < 4.78 is 55.8. The Kier molecular flexibility index (Phi) is 8.91. The van der Waals surface area contributed by atoms with Gasteiger partial charge in [-0.05, 0) is 49.7 Å². The normalized spacial score (nSPS) is 17.7. The van der Waals surface area contributed by atoms with Crippen molar-refractivity contribution in [3.63, 3.8) is 0 Å². The molecule has 0 bridgehead atoms. The van der Waals surface area contributed by atoms with Crippen LogP contribution < -0.4 is 4.90 Å². The molecule has 0 spiro atoms. The molecule has 11 heteroatoms. The van der Waals surface area contributed by atoms with Crippen molar-refractivity contribution in [1.29, 1.82) is 5.26 Å². The van der Waals surface area contributed by atoms with Crippen molar-refractivity contribution in [2.45, 2.75) is 25.9 Å². The summed E-state index contributed by atoms with van der Waals surface area (Å²) in [5.41, 5.74) is -0.639. The molecule has 0 aromatic heterocycles. The van der Waals surface area contributed by atoms with Crippen molar-refractivity contribution in [3.8, 4) is 6.07 Å². The topological polar surface area (TPSA) is 106 Å². The van der Waals surface area contributed by atoms with Crippen molar-refractivity contribution >= 4 is 23.5 Å². The Bertz CT molecular complexity index is 1280. The van der Waals surface area contributed by atoms with Gasteiger partial charge in [-0.3, -0.25) is 14.5 Å². The Labute approximate surface area is 217 Å². The predicted molar refractivity (Wildman–Crippen MR) is 128 cm³/mol. The van der Waals surface area contributed by atoms with Crippen LogP contribution in [0.25, 0.3) is 0 Å². The maximum Gasteiger partial charge on any atom is 0.416 e. The first-order valence-electron chi connectivity index (χ1n) is 11.6. The number of rotatable bonds is 8. The van der Waals surface area contributed by atoms with Gasteiger partial charge in [0.15, 0.2) is 0 Å². The van der Waals surface area contributed by atoms with E-state index in [4.69, 9.17) is 14.2 Å². The Balaban J connectivity index is 2.27. The molecular weight excluding hydrogens is 505 g/mol. The second-order valence-corrected chi connectivity index (χ2v) is 8.29. The Hall–Kier alpha value is -4.17. The third-order valence-electron chi connectivity index (χ3n) is 5.97. The van der Waals surface area contributed by atoms with Crippen molar-refractivity contribution in [2.24, 2.45) is 5.92 Å². The average Bonchev–Trinajstić information content (AvgIpc) is 2.88. The summed E-state index contributed by atoms with van der Waals surface area (Å²) in [6.45, 7) is 2.77.